The van der Waals surface area contributed by atoms with Crippen molar-refractivity contribution >= 4 is 0 Å². The Morgan fingerprint density at radius 2 is 2.25 bits per heavy atom. The summed E-state index contributed by atoms with van der Waals surface area (Å²) in [5.41, 5.74) is 0.272. The summed E-state index contributed by atoms with van der Waals surface area (Å²) in [6.45, 7) is 5.60. The van der Waals surface area contributed by atoms with Gasteiger partial charge in [0.15, 0.2) is 0 Å². The van der Waals surface area contributed by atoms with Crippen molar-refractivity contribution < 1.29 is 4.74 Å². The average Bonchev–Trinajstić information content (AvgIpc) is 2.02. The third-order valence-electron chi connectivity index (χ3n) is 3.29. The molecule has 2 nitrogen and oxygen atoms in total. The van der Waals surface area contributed by atoms with Gasteiger partial charge in [0.05, 0.1) is 5.60 Å². The van der Waals surface area contributed by atoms with Crippen molar-refractivity contribution in [2.75, 3.05) is 26.7 Å². The van der Waals surface area contributed by atoms with Gasteiger partial charge in [0.2, 0.25) is 0 Å². The first-order valence-electron chi connectivity index (χ1n) is 5.06. The van der Waals surface area contributed by atoms with E-state index in [1.165, 1.54) is 19.3 Å². The molecule has 1 atom stereocenters. The first-order chi connectivity index (χ1) is 5.74. The molecule has 0 aromatic heterocycles. The monoisotopic (exact) mass is 169 g/mol. The summed E-state index contributed by atoms with van der Waals surface area (Å²) in [5.74, 6) is 0.924. The minimum Gasteiger partial charge on any atom is -0.372 e. The van der Waals surface area contributed by atoms with Crippen molar-refractivity contribution in [1.29, 1.82) is 0 Å². The lowest BCUT2D eigenvalue weighted by atomic mass is 9.80. The Hall–Kier alpha value is -0.0800. The van der Waals surface area contributed by atoms with Gasteiger partial charge in [-0.05, 0) is 25.8 Å². The summed E-state index contributed by atoms with van der Waals surface area (Å²) in [6.07, 6.45) is 3.91. The van der Waals surface area contributed by atoms with E-state index in [4.69, 9.17) is 4.74 Å². The van der Waals surface area contributed by atoms with E-state index in [1.54, 1.807) is 0 Å². The number of hydrogen-bond donors (Lipinski definition) is 0. The molecule has 0 N–H and O–H groups in total. The van der Waals surface area contributed by atoms with E-state index in [1.807, 2.05) is 0 Å². The zero-order valence-corrected chi connectivity index (χ0v) is 8.18. The zero-order chi connectivity index (χ0) is 8.60. The summed E-state index contributed by atoms with van der Waals surface area (Å²) in [6, 6.07) is 0. The van der Waals surface area contributed by atoms with Crippen LogP contribution >= 0.6 is 0 Å². The second-order valence-electron chi connectivity index (χ2n) is 4.47. The quantitative estimate of drug-likeness (QED) is 0.590. The van der Waals surface area contributed by atoms with Crippen LogP contribution in [0.15, 0.2) is 0 Å². The van der Waals surface area contributed by atoms with E-state index in [0.29, 0.717) is 0 Å². The Kier molecular flexibility index (Phi) is 2.13. The Bertz CT molecular complexity index is 158. The van der Waals surface area contributed by atoms with Crippen molar-refractivity contribution in [2.45, 2.75) is 31.8 Å². The number of likely N-dealkylation sites (N-methyl/N-ethyl adjacent to an activating group) is 1. The Morgan fingerprint density at radius 3 is 2.83 bits per heavy atom. The van der Waals surface area contributed by atoms with Crippen LogP contribution in [0.2, 0.25) is 0 Å². The zero-order valence-electron chi connectivity index (χ0n) is 8.18. The van der Waals surface area contributed by atoms with Crippen molar-refractivity contribution in [2.24, 2.45) is 5.92 Å². The minimum absolute atomic E-state index is 0.272. The molecule has 2 rings (SSSR count). The molecule has 0 unspecified atom stereocenters. The first-order valence-corrected chi connectivity index (χ1v) is 5.06. The van der Waals surface area contributed by atoms with Crippen LogP contribution in [0.5, 0.6) is 0 Å². The highest BCUT2D eigenvalue weighted by Gasteiger charge is 2.45. The van der Waals surface area contributed by atoms with Gasteiger partial charge in [0, 0.05) is 19.7 Å². The third kappa shape index (κ3) is 1.38. The van der Waals surface area contributed by atoms with Crippen LogP contribution in [0.1, 0.15) is 26.2 Å². The molecule has 0 aromatic rings. The van der Waals surface area contributed by atoms with Crippen molar-refractivity contribution in [3.63, 3.8) is 0 Å². The van der Waals surface area contributed by atoms with Gasteiger partial charge in [-0.2, -0.15) is 0 Å². The smallest absolute Gasteiger partial charge is 0.0937 e. The largest absolute Gasteiger partial charge is 0.372 e. The molecule has 2 aliphatic heterocycles. The molecule has 70 valence electrons. The number of likely N-dealkylation sites (tertiary alicyclic amines) is 1. The number of rotatable bonds is 1. The maximum Gasteiger partial charge on any atom is 0.0937 e. The molecule has 0 aliphatic carbocycles. The standard InChI is InChI=1S/C10H19NO/c1-3-9-4-5-12-10(6-9)7-11(2)8-10/h9H,3-8H2,1-2H3/t9-/m1/s1. The van der Waals surface area contributed by atoms with E-state index < -0.39 is 0 Å². The lowest BCUT2D eigenvalue weighted by molar-refractivity contribution is -0.172. The van der Waals surface area contributed by atoms with Gasteiger partial charge in [-0.25, -0.2) is 0 Å². The molecule has 0 radical (unpaired) electrons. The molecule has 0 amide bonds. The van der Waals surface area contributed by atoms with Crippen molar-refractivity contribution in [3.8, 4) is 0 Å². The van der Waals surface area contributed by atoms with Gasteiger partial charge in [-0.15, -0.1) is 0 Å². The fraction of sp³-hybridized carbons (Fsp3) is 1.00. The van der Waals surface area contributed by atoms with Crippen molar-refractivity contribution in [1.82, 2.24) is 4.90 Å². The molecule has 2 saturated heterocycles. The first kappa shape index (κ1) is 8.52. The third-order valence-corrected chi connectivity index (χ3v) is 3.29. The maximum absolute atomic E-state index is 5.86. The molecule has 0 aromatic carbocycles. The highest BCUT2D eigenvalue weighted by atomic mass is 16.5. The Labute approximate surface area is 74.9 Å². The molecule has 2 aliphatic rings. The molecular formula is C10H19NO. The van der Waals surface area contributed by atoms with Crippen LogP contribution in [0.4, 0.5) is 0 Å². The van der Waals surface area contributed by atoms with E-state index in [2.05, 4.69) is 18.9 Å². The SMILES string of the molecule is CC[C@@H]1CCOC2(C1)CN(C)C2. The highest BCUT2D eigenvalue weighted by molar-refractivity contribution is 4.98. The number of ether oxygens (including phenoxy) is 1. The summed E-state index contributed by atoms with van der Waals surface area (Å²) < 4.78 is 5.86. The van der Waals surface area contributed by atoms with Gasteiger partial charge in [0.25, 0.3) is 0 Å². The summed E-state index contributed by atoms with van der Waals surface area (Å²) in [5, 5.41) is 0. The lowest BCUT2D eigenvalue weighted by Gasteiger charge is -2.52. The topological polar surface area (TPSA) is 12.5 Å². The van der Waals surface area contributed by atoms with Crippen LogP contribution in [-0.2, 0) is 4.74 Å². The normalized spacial score (nSPS) is 35.0. The van der Waals surface area contributed by atoms with Crippen LogP contribution < -0.4 is 0 Å². The average molecular weight is 169 g/mol. The molecule has 1 spiro atoms. The van der Waals surface area contributed by atoms with E-state index in [0.717, 1.165) is 25.6 Å². The van der Waals surface area contributed by atoms with E-state index in [-0.39, 0.29) is 5.60 Å². The lowest BCUT2D eigenvalue weighted by Crippen LogP contribution is -2.63. The van der Waals surface area contributed by atoms with Crippen LogP contribution in [0.25, 0.3) is 0 Å². The molecule has 0 bridgehead atoms. The predicted molar refractivity (Wildman–Crippen MR) is 49.2 cm³/mol. The van der Waals surface area contributed by atoms with Crippen LogP contribution in [-0.4, -0.2) is 37.2 Å². The predicted octanol–water partition coefficient (Wildman–Crippen LogP) is 1.51. The second kappa shape index (κ2) is 3.00. The molecule has 12 heavy (non-hydrogen) atoms. The fourth-order valence-corrected chi connectivity index (χ4v) is 2.64. The van der Waals surface area contributed by atoms with Gasteiger partial charge in [-0.1, -0.05) is 13.3 Å². The molecule has 0 saturated carbocycles. The highest BCUT2D eigenvalue weighted by Crippen LogP contribution is 2.36. The van der Waals surface area contributed by atoms with Gasteiger partial charge >= 0.3 is 0 Å². The molecule has 2 heteroatoms. The molecule has 2 heterocycles. The maximum atomic E-state index is 5.86. The fourth-order valence-electron chi connectivity index (χ4n) is 2.64. The number of nitrogens with zero attached hydrogens (tertiary/aromatic N) is 1. The molecular weight excluding hydrogens is 150 g/mol. The summed E-state index contributed by atoms with van der Waals surface area (Å²) >= 11 is 0. The van der Waals surface area contributed by atoms with Crippen molar-refractivity contribution in [3.05, 3.63) is 0 Å². The Balaban J connectivity index is 1.91. The minimum atomic E-state index is 0.272. The Morgan fingerprint density at radius 1 is 1.50 bits per heavy atom. The van der Waals surface area contributed by atoms with Gasteiger partial charge in [-0.3, -0.25) is 0 Å². The molecule has 2 fully saturated rings. The van der Waals surface area contributed by atoms with E-state index in [9.17, 15) is 0 Å². The summed E-state index contributed by atoms with van der Waals surface area (Å²) in [7, 11) is 2.17. The van der Waals surface area contributed by atoms with E-state index >= 15 is 0 Å². The van der Waals surface area contributed by atoms with Gasteiger partial charge < -0.3 is 9.64 Å². The second-order valence-corrected chi connectivity index (χ2v) is 4.47. The van der Waals surface area contributed by atoms with Crippen LogP contribution in [0.3, 0.4) is 0 Å². The van der Waals surface area contributed by atoms with Gasteiger partial charge in [0.1, 0.15) is 0 Å². The summed E-state index contributed by atoms with van der Waals surface area (Å²) in [4.78, 5) is 2.35. The number of hydrogen-bond acceptors (Lipinski definition) is 2. The van der Waals surface area contributed by atoms with Crippen LogP contribution in [0, 0.1) is 5.92 Å².